The number of fused-ring (bicyclic) bond motifs is 1. The number of rotatable bonds is 10. The van der Waals surface area contributed by atoms with Crippen molar-refractivity contribution in [3.05, 3.63) is 81.6 Å². The van der Waals surface area contributed by atoms with Crippen molar-refractivity contribution in [3.8, 4) is 0 Å². The molecule has 3 aromatic carbocycles. The SMILES string of the molecule is CCCCCC1CCC(CCc2ccc3c(F)c(CCc4cc(F)c(Cl)c(F)c4)ccc3c2)CC1. The lowest BCUT2D eigenvalue weighted by Crippen LogP contribution is -2.15. The topological polar surface area (TPSA) is 0 Å². The Bertz CT molecular complexity index is 1110. The van der Waals surface area contributed by atoms with Gasteiger partial charge in [-0.2, -0.15) is 0 Å². The highest BCUT2D eigenvalue weighted by Crippen LogP contribution is 2.34. The van der Waals surface area contributed by atoms with Gasteiger partial charge in [0.05, 0.1) is 0 Å². The van der Waals surface area contributed by atoms with E-state index in [1.54, 1.807) is 6.07 Å². The van der Waals surface area contributed by atoms with Gasteiger partial charge in [-0.15, -0.1) is 0 Å². The standard InChI is InChI=1S/C31H36ClF3/c1-2-3-4-5-21-6-8-22(9-7-21)10-11-23-13-17-27-26(18-23)16-15-25(31(27)35)14-12-24-19-28(33)30(32)29(34)20-24/h13,15-22H,2-12,14H2,1H3. The molecule has 188 valence electrons. The molecule has 1 aliphatic rings. The lowest BCUT2D eigenvalue weighted by atomic mass is 9.77. The van der Waals surface area contributed by atoms with Crippen molar-refractivity contribution in [2.75, 3.05) is 0 Å². The molecule has 0 atom stereocenters. The van der Waals surface area contributed by atoms with Crippen molar-refractivity contribution in [2.24, 2.45) is 11.8 Å². The van der Waals surface area contributed by atoms with Crippen molar-refractivity contribution >= 4 is 22.4 Å². The van der Waals surface area contributed by atoms with Gasteiger partial charge in [-0.05, 0) is 71.7 Å². The molecule has 0 amide bonds. The van der Waals surface area contributed by atoms with Crippen LogP contribution in [0.2, 0.25) is 5.02 Å². The molecule has 0 nitrogen and oxygen atoms in total. The fourth-order valence-corrected chi connectivity index (χ4v) is 5.74. The minimum atomic E-state index is -0.784. The smallest absolute Gasteiger partial charge is 0.145 e. The van der Waals surface area contributed by atoms with Gasteiger partial charge >= 0.3 is 0 Å². The van der Waals surface area contributed by atoms with E-state index in [0.717, 1.165) is 23.6 Å². The molecule has 0 radical (unpaired) electrons. The average Bonchev–Trinajstić information content (AvgIpc) is 2.86. The maximum Gasteiger partial charge on any atom is 0.145 e. The van der Waals surface area contributed by atoms with Gasteiger partial charge in [0.15, 0.2) is 0 Å². The molecule has 0 spiro atoms. The van der Waals surface area contributed by atoms with Gasteiger partial charge in [-0.3, -0.25) is 0 Å². The monoisotopic (exact) mass is 500 g/mol. The number of aryl methyl sites for hydroxylation is 3. The highest BCUT2D eigenvalue weighted by molar-refractivity contribution is 6.30. The quantitative estimate of drug-likeness (QED) is 0.192. The van der Waals surface area contributed by atoms with Crippen LogP contribution in [0.1, 0.15) is 81.4 Å². The Labute approximate surface area is 212 Å². The summed E-state index contributed by atoms with van der Waals surface area (Å²) in [5.74, 6) is -0.0603. The van der Waals surface area contributed by atoms with Crippen LogP contribution >= 0.6 is 11.6 Å². The predicted molar refractivity (Wildman–Crippen MR) is 141 cm³/mol. The second-order valence-electron chi connectivity index (χ2n) is 10.4. The molecule has 0 N–H and O–H groups in total. The fourth-order valence-electron chi connectivity index (χ4n) is 5.63. The lowest BCUT2D eigenvalue weighted by Gasteiger charge is -2.28. The molecule has 1 fully saturated rings. The van der Waals surface area contributed by atoms with Crippen LogP contribution in [0, 0.1) is 29.3 Å². The van der Waals surface area contributed by atoms with Gasteiger partial charge < -0.3 is 0 Å². The largest absolute Gasteiger partial charge is 0.206 e. The third-order valence-corrected chi connectivity index (χ3v) is 8.21. The van der Waals surface area contributed by atoms with Crippen molar-refractivity contribution in [1.29, 1.82) is 0 Å². The number of halogens is 4. The van der Waals surface area contributed by atoms with Crippen molar-refractivity contribution < 1.29 is 13.2 Å². The number of unbranched alkanes of at least 4 members (excludes halogenated alkanes) is 2. The third-order valence-electron chi connectivity index (χ3n) is 7.85. The molecule has 0 bridgehead atoms. The highest BCUT2D eigenvalue weighted by atomic mass is 35.5. The Balaban J connectivity index is 1.32. The van der Waals surface area contributed by atoms with E-state index in [1.807, 2.05) is 12.1 Å². The van der Waals surface area contributed by atoms with Crippen molar-refractivity contribution in [1.82, 2.24) is 0 Å². The van der Waals surface area contributed by atoms with Crippen LogP contribution in [0.25, 0.3) is 10.8 Å². The molecule has 0 unspecified atom stereocenters. The molecular weight excluding hydrogens is 465 g/mol. The first-order valence-corrected chi connectivity index (χ1v) is 13.7. The summed E-state index contributed by atoms with van der Waals surface area (Å²) in [4.78, 5) is 0. The zero-order valence-corrected chi connectivity index (χ0v) is 21.4. The molecule has 35 heavy (non-hydrogen) atoms. The van der Waals surface area contributed by atoms with Gasteiger partial charge in [0.2, 0.25) is 0 Å². The number of hydrogen-bond acceptors (Lipinski definition) is 0. The molecule has 4 heteroatoms. The maximum absolute atomic E-state index is 15.2. The van der Waals surface area contributed by atoms with Crippen LogP contribution < -0.4 is 0 Å². The molecule has 0 aliphatic heterocycles. The van der Waals surface area contributed by atoms with Gasteiger partial charge in [-0.1, -0.05) is 100 Å². The first-order chi connectivity index (χ1) is 16.9. The Morgan fingerprint density at radius 1 is 0.743 bits per heavy atom. The Morgan fingerprint density at radius 3 is 2.11 bits per heavy atom. The van der Waals surface area contributed by atoms with Crippen LogP contribution in [-0.4, -0.2) is 0 Å². The lowest BCUT2D eigenvalue weighted by molar-refractivity contribution is 0.249. The number of benzene rings is 3. The van der Waals surface area contributed by atoms with Crippen LogP contribution in [0.15, 0.2) is 42.5 Å². The van der Waals surface area contributed by atoms with Gasteiger partial charge in [0.1, 0.15) is 22.5 Å². The van der Waals surface area contributed by atoms with Crippen LogP contribution in [0.3, 0.4) is 0 Å². The van der Waals surface area contributed by atoms with Gasteiger partial charge in [0.25, 0.3) is 0 Å². The predicted octanol–water partition coefficient (Wildman–Crippen LogP) is 10.0. The molecule has 0 heterocycles. The Kier molecular flexibility index (Phi) is 9.16. The van der Waals surface area contributed by atoms with E-state index >= 15 is 4.39 Å². The molecular formula is C31H36ClF3. The maximum atomic E-state index is 15.2. The Hall–Kier alpha value is -2.00. The van der Waals surface area contributed by atoms with E-state index in [4.69, 9.17) is 11.6 Å². The van der Waals surface area contributed by atoms with E-state index in [9.17, 15) is 8.78 Å². The van der Waals surface area contributed by atoms with Crippen LogP contribution in [0.4, 0.5) is 13.2 Å². The van der Waals surface area contributed by atoms with Crippen LogP contribution in [-0.2, 0) is 19.3 Å². The van der Waals surface area contributed by atoms with Gasteiger partial charge in [-0.25, -0.2) is 13.2 Å². The van der Waals surface area contributed by atoms with Crippen molar-refractivity contribution in [2.45, 2.75) is 84.0 Å². The summed E-state index contributed by atoms with van der Waals surface area (Å²) in [6, 6.07) is 12.2. The summed E-state index contributed by atoms with van der Waals surface area (Å²) in [5, 5.41) is 1.01. The molecule has 1 aliphatic carbocycles. The minimum absolute atomic E-state index is 0.245. The average molecular weight is 501 g/mol. The van der Waals surface area contributed by atoms with E-state index in [0.29, 0.717) is 29.4 Å². The van der Waals surface area contributed by atoms with Crippen LogP contribution in [0.5, 0.6) is 0 Å². The third kappa shape index (κ3) is 6.82. The second kappa shape index (κ2) is 12.3. The summed E-state index contributed by atoms with van der Waals surface area (Å²) < 4.78 is 42.6. The van der Waals surface area contributed by atoms with E-state index in [1.165, 1.54) is 75.5 Å². The summed E-state index contributed by atoms with van der Waals surface area (Å²) in [5.41, 5.74) is 2.28. The summed E-state index contributed by atoms with van der Waals surface area (Å²) in [6.45, 7) is 2.27. The molecule has 1 saturated carbocycles. The first kappa shape index (κ1) is 26.1. The fraction of sp³-hybridized carbons (Fsp3) is 0.484. The van der Waals surface area contributed by atoms with E-state index in [2.05, 4.69) is 19.1 Å². The second-order valence-corrected chi connectivity index (χ2v) is 10.8. The van der Waals surface area contributed by atoms with E-state index < -0.39 is 16.7 Å². The minimum Gasteiger partial charge on any atom is -0.206 e. The summed E-state index contributed by atoms with van der Waals surface area (Å²) >= 11 is 5.55. The zero-order valence-electron chi connectivity index (χ0n) is 20.7. The highest BCUT2D eigenvalue weighted by Gasteiger charge is 2.20. The van der Waals surface area contributed by atoms with Crippen molar-refractivity contribution in [3.63, 3.8) is 0 Å². The first-order valence-electron chi connectivity index (χ1n) is 13.3. The zero-order chi connectivity index (χ0) is 24.8. The summed E-state index contributed by atoms with van der Waals surface area (Å²) in [6.07, 6.45) is 13.9. The normalized spacial score (nSPS) is 18.3. The Morgan fingerprint density at radius 2 is 1.43 bits per heavy atom. The summed E-state index contributed by atoms with van der Waals surface area (Å²) in [7, 11) is 0. The molecule has 4 rings (SSSR count). The number of hydrogen-bond donors (Lipinski definition) is 0. The van der Waals surface area contributed by atoms with Gasteiger partial charge in [0, 0.05) is 5.39 Å². The molecule has 3 aromatic rings. The van der Waals surface area contributed by atoms with E-state index in [-0.39, 0.29) is 5.82 Å². The molecule has 0 aromatic heterocycles. The molecule has 0 saturated heterocycles.